The Morgan fingerprint density at radius 3 is 3.00 bits per heavy atom. The van der Waals surface area contributed by atoms with Gasteiger partial charge < -0.3 is 15.1 Å². The summed E-state index contributed by atoms with van der Waals surface area (Å²) in [7, 11) is 0. The van der Waals surface area contributed by atoms with Crippen LogP contribution >= 0.6 is 0 Å². The molecule has 0 aliphatic heterocycles. The maximum absolute atomic E-state index is 11.7. The van der Waals surface area contributed by atoms with E-state index in [2.05, 4.69) is 27.8 Å². The second kappa shape index (κ2) is 7.28. The summed E-state index contributed by atoms with van der Waals surface area (Å²) in [6.45, 7) is 2.30. The lowest BCUT2D eigenvalue weighted by molar-refractivity contribution is -0.116. The van der Waals surface area contributed by atoms with Crippen LogP contribution in [0.4, 0.5) is 5.82 Å². The number of nitrogens with zero attached hydrogens (tertiary/aromatic N) is 1. The third-order valence-electron chi connectivity index (χ3n) is 2.80. The van der Waals surface area contributed by atoms with Gasteiger partial charge in [-0.2, -0.15) is 5.10 Å². The summed E-state index contributed by atoms with van der Waals surface area (Å²) in [4.78, 5) is 23.3. The molecule has 2 aromatic rings. The molecule has 3 N–H and O–H groups in total. The minimum Gasteiger partial charge on any atom is -0.459 e. The molecule has 0 radical (unpaired) electrons. The average Bonchev–Trinajstić information content (AvgIpc) is 3.10. The minimum atomic E-state index is -0.335. The van der Waals surface area contributed by atoms with Gasteiger partial charge in [0.25, 0.3) is 5.91 Å². The summed E-state index contributed by atoms with van der Waals surface area (Å²) in [5.41, 5.74) is 0.985. The molecule has 21 heavy (non-hydrogen) atoms. The lowest BCUT2D eigenvalue weighted by atomic mass is 10.2. The average molecular weight is 290 g/mol. The molecule has 0 aromatic carbocycles. The Morgan fingerprint density at radius 1 is 1.43 bits per heavy atom. The summed E-state index contributed by atoms with van der Waals surface area (Å²) < 4.78 is 4.95. The third kappa shape index (κ3) is 4.48. The van der Waals surface area contributed by atoms with Crippen molar-refractivity contribution in [2.24, 2.45) is 0 Å². The Bertz CT molecular complexity index is 589. The van der Waals surface area contributed by atoms with E-state index < -0.39 is 0 Å². The zero-order chi connectivity index (χ0) is 15.1. The number of rotatable bonds is 7. The van der Waals surface area contributed by atoms with Crippen molar-refractivity contribution >= 4 is 17.6 Å². The highest BCUT2D eigenvalue weighted by Gasteiger charge is 2.09. The predicted molar refractivity (Wildman–Crippen MR) is 76.9 cm³/mol. The number of H-pyrrole nitrogens is 1. The molecule has 0 unspecified atom stereocenters. The number of furan rings is 1. The molecule has 0 spiro atoms. The van der Waals surface area contributed by atoms with E-state index >= 15 is 0 Å². The fraction of sp³-hybridized carbons (Fsp3) is 0.357. The normalized spacial score (nSPS) is 10.3. The van der Waals surface area contributed by atoms with Gasteiger partial charge in [0.15, 0.2) is 11.6 Å². The van der Waals surface area contributed by atoms with Crippen LogP contribution in [0.1, 0.15) is 36.0 Å². The molecule has 0 saturated carbocycles. The Hall–Kier alpha value is -2.57. The van der Waals surface area contributed by atoms with Crippen molar-refractivity contribution in [3.05, 3.63) is 35.9 Å². The van der Waals surface area contributed by atoms with Gasteiger partial charge in [0.2, 0.25) is 5.91 Å². The number of aromatic nitrogens is 2. The summed E-state index contributed by atoms with van der Waals surface area (Å²) in [5.74, 6) is 0.190. The van der Waals surface area contributed by atoms with Gasteiger partial charge in [-0.05, 0) is 18.6 Å². The smallest absolute Gasteiger partial charge is 0.286 e. The van der Waals surface area contributed by atoms with Crippen molar-refractivity contribution in [3.8, 4) is 0 Å². The Kier molecular flexibility index (Phi) is 5.14. The molecule has 2 heterocycles. The maximum atomic E-state index is 11.7. The van der Waals surface area contributed by atoms with Gasteiger partial charge >= 0.3 is 0 Å². The van der Waals surface area contributed by atoms with Crippen LogP contribution in [0.25, 0.3) is 0 Å². The first-order valence-corrected chi connectivity index (χ1v) is 6.85. The standard InChI is InChI=1S/C14H18N4O3/c1-2-4-10-9-12(18-17-10)16-13(19)6-7-15-14(20)11-5-3-8-21-11/h3,5,8-9H,2,4,6-7H2,1H3,(H,15,20)(H2,16,17,18,19). The highest BCUT2D eigenvalue weighted by molar-refractivity contribution is 5.93. The van der Waals surface area contributed by atoms with Gasteiger partial charge in [0, 0.05) is 24.7 Å². The van der Waals surface area contributed by atoms with Crippen LogP contribution in [-0.4, -0.2) is 28.6 Å². The number of hydrogen-bond acceptors (Lipinski definition) is 4. The van der Waals surface area contributed by atoms with E-state index in [1.807, 2.05) is 6.07 Å². The summed E-state index contributed by atoms with van der Waals surface area (Å²) >= 11 is 0. The molecule has 0 atom stereocenters. The Balaban J connectivity index is 1.70. The summed E-state index contributed by atoms with van der Waals surface area (Å²) in [6, 6.07) is 5.00. The quantitative estimate of drug-likeness (QED) is 0.722. The highest BCUT2D eigenvalue weighted by atomic mass is 16.3. The second-order valence-corrected chi connectivity index (χ2v) is 4.56. The molecule has 7 nitrogen and oxygen atoms in total. The summed E-state index contributed by atoms with van der Waals surface area (Å²) in [6.07, 6.45) is 3.49. The van der Waals surface area contributed by atoms with Crippen molar-refractivity contribution in [1.29, 1.82) is 0 Å². The highest BCUT2D eigenvalue weighted by Crippen LogP contribution is 2.07. The zero-order valence-electron chi connectivity index (χ0n) is 11.8. The first-order valence-electron chi connectivity index (χ1n) is 6.85. The monoisotopic (exact) mass is 290 g/mol. The first-order chi connectivity index (χ1) is 10.2. The molecular weight excluding hydrogens is 272 g/mol. The van der Waals surface area contributed by atoms with Crippen LogP contribution in [0, 0.1) is 0 Å². The van der Waals surface area contributed by atoms with Crippen molar-refractivity contribution < 1.29 is 14.0 Å². The number of nitrogens with one attached hydrogen (secondary N) is 3. The fourth-order valence-corrected chi connectivity index (χ4v) is 1.81. The number of carbonyl (C=O) groups is 2. The van der Waals surface area contributed by atoms with E-state index in [4.69, 9.17) is 4.42 Å². The minimum absolute atomic E-state index is 0.169. The number of anilines is 1. The SMILES string of the molecule is CCCc1cc(NC(=O)CCNC(=O)c2ccco2)n[nH]1. The van der Waals surface area contributed by atoms with E-state index in [1.54, 1.807) is 12.1 Å². The van der Waals surface area contributed by atoms with Crippen LogP contribution in [0.5, 0.6) is 0 Å². The van der Waals surface area contributed by atoms with Crippen molar-refractivity contribution in [3.63, 3.8) is 0 Å². The molecule has 7 heteroatoms. The molecule has 0 aliphatic carbocycles. The lowest BCUT2D eigenvalue weighted by Crippen LogP contribution is -2.27. The fourth-order valence-electron chi connectivity index (χ4n) is 1.81. The molecule has 112 valence electrons. The Labute approximate surface area is 122 Å². The van der Waals surface area contributed by atoms with Gasteiger partial charge in [0.05, 0.1) is 6.26 Å². The molecule has 2 aromatic heterocycles. The molecule has 0 aliphatic rings. The lowest BCUT2D eigenvalue weighted by Gasteiger charge is -2.03. The molecule has 2 amide bonds. The molecule has 0 bridgehead atoms. The van der Waals surface area contributed by atoms with Crippen molar-refractivity contribution in [1.82, 2.24) is 15.5 Å². The van der Waals surface area contributed by atoms with Crippen LogP contribution in [-0.2, 0) is 11.2 Å². The van der Waals surface area contributed by atoms with E-state index in [0.29, 0.717) is 5.82 Å². The molecule has 0 fully saturated rings. The number of carbonyl (C=O) groups excluding carboxylic acids is 2. The molecule has 0 saturated heterocycles. The number of aromatic amines is 1. The van der Waals surface area contributed by atoms with Crippen LogP contribution in [0.2, 0.25) is 0 Å². The van der Waals surface area contributed by atoms with E-state index in [1.165, 1.54) is 6.26 Å². The summed E-state index contributed by atoms with van der Waals surface area (Å²) in [5, 5.41) is 12.1. The molecular formula is C14H18N4O3. The zero-order valence-corrected chi connectivity index (χ0v) is 11.8. The van der Waals surface area contributed by atoms with E-state index in [0.717, 1.165) is 18.5 Å². The number of hydrogen-bond donors (Lipinski definition) is 3. The number of amides is 2. The number of aryl methyl sites for hydroxylation is 1. The van der Waals surface area contributed by atoms with Crippen molar-refractivity contribution in [2.45, 2.75) is 26.2 Å². The molecule has 2 rings (SSSR count). The van der Waals surface area contributed by atoms with Crippen LogP contribution < -0.4 is 10.6 Å². The largest absolute Gasteiger partial charge is 0.459 e. The predicted octanol–water partition coefficient (Wildman–Crippen LogP) is 1.71. The van der Waals surface area contributed by atoms with Gasteiger partial charge in [-0.25, -0.2) is 0 Å². The van der Waals surface area contributed by atoms with E-state index in [9.17, 15) is 9.59 Å². The van der Waals surface area contributed by atoms with E-state index in [-0.39, 0.29) is 30.5 Å². The maximum Gasteiger partial charge on any atom is 0.286 e. The topological polar surface area (TPSA) is 100 Å². The second-order valence-electron chi connectivity index (χ2n) is 4.56. The van der Waals surface area contributed by atoms with Crippen LogP contribution in [0.15, 0.2) is 28.9 Å². The first kappa shape index (κ1) is 14.8. The van der Waals surface area contributed by atoms with Gasteiger partial charge in [-0.1, -0.05) is 13.3 Å². The van der Waals surface area contributed by atoms with Crippen LogP contribution in [0.3, 0.4) is 0 Å². The van der Waals surface area contributed by atoms with Gasteiger partial charge in [-0.15, -0.1) is 0 Å². The van der Waals surface area contributed by atoms with Gasteiger partial charge in [-0.3, -0.25) is 14.7 Å². The van der Waals surface area contributed by atoms with Gasteiger partial charge in [0.1, 0.15) is 0 Å². The Morgan fingerprint density at radius 2 is 2.29 bits per heavy atom. The third-order valence-corrected chi connectivity index (χ3v) is 2.80. The van der Waals surface area contributed by atoms with Crippen molar-refractivity contribution in [2.75, 3.05) is 11.9 Å².